The lowest BCUT2D eigenvalue weighted by Crippen LogP contribution is -1.95. The smallest absolute Gasteiger partial charge is 0.161 e. The summed E-state index contributed by atoms with van der Waals surface area (Å²) in [7, 11) is 0. The number of carbonyl (C=O) groups excluding carboxylic acids is 1. The standard InChI is InChI=1S/C13H13NO2S/c1-9-3-4-11(5-10(9)2)16-8-13-14-6-12(7-15)17-13/h3-7H,8H2,1-2H3. The van der Waals surface area contributed by atoms with Gasteiger partial charge >= 0.3 is 0 Å². The van der Waals surface area contributed by atoms with E-state index >= 15 is 0 Å². The number of aromatic nitrogens is 1. The lowest BCUT2D eigenvalue weighted by Gasteiger charge is -2.06. The molecule has 3 nitrogen and oxygen atoms in total. The fourth-order valence-electron chi connectivity index (χ4n) is 1.39. The van der Waals surface area contributed by atoms with Crippen molar-refractivity contribution < 1.29 is 9.53 Å². The van der Waals surface area contributed by atoms with Crippen LogP contribution in [0, 0.1) is 13.8 Å². The van der Waals surface area contributed by atoms with E-state index in [1.807, 2.05) is 18.2 Å². The minimum Gasteiger partial charge on any atom is -0.486 e. The van der Waals surface area contributed by atoms with Gasteiger partial charge in [-0.05, 0) is 37.1 Å². The first-order valence-corrected chi connectivity index (χ1v) is 6.10. The summed E-state index contributed by atoms with van der Waals surface area (Å²) >= 11 is 1.36. The maximum atomic E-state index is 10.5. The Kier molecular flexibility index (Phi) is 3.54. The SMILES string of the molecule is Cc1ccc(OCc2ncc(C=O)s2)cc1C. The largest absolute Gasteiger partial charge is 0.486 e. The number of benzene rings is 1. The second-order valence-electron chi connectivity index (χ2n) is 3.81. The average Bonchev–Trinajstić information content (AvgIpc) is 2.79. The van der Waals surface area contributed by atoms with E-state index in [1.54, 1.807) is 6.20 Å². The van der Waals surface area contributed by atoms with Crippen LogP contribution in [-0.4, -0.2) is 11.3 Å². The van der Waals surface area contributed by atoms with E-state index in [4.69, 9.17) is 4.74 Å². The van der Waals surface area contributed by atoms with E-state index in [0.29, 0.717) is 11.5 Å². The number of hydrogen-bond donors (Lipinski definition) is 0. The molecule has 1 aromatic heterocycles. The lowest BCUT2D eigenvalue weighted by atomic mass is 10.1. The Balaban J connectivity index is 2.01. The molecule has 0 spiro atoms. The zero-order chi connectivity index (χ0) is 12.3. The third kappa shape index (κ3) is 2.91. The van der Waals surface area contributed by atoms with Crippen LogP contribution in [-0.2, 0) is 6.61 Å². The number of nitrogens with zero attached hydrogens (tertiary/aromatic N) is 1. The van der Waals surface area contributed by atoms with Crippen molar-refractivity contribution in [3.05, 3.63) is 45.4 Å². The molecule has 17 heavy (non-hydrogen) atoms. The Morgan fingerprint density at radius 3 is 2.82 bits per heavy atom. The highest BCUT2D eigenvalue weighted by atomic mass is 32.1. The van der Waals surface area contributed by atoms with Crippen LogP contribution in [0.1, 0.15) is 25.8 Å². The molecule has 0 bridgehead atoms. The van der Waals surface area contributed by atoms with Gasteiger partial charge in [0.05, 0.1) is 4.88 Å². The zero-order valence-corrected chi connectivity index (χ0v) is 10.6. The molecule has 0 fully saturated rings. The van der Waals surface area contributed by atoms with Gasteiger partial charge in [-0.1, -0.05) is 6.07 Å². The van der Waals surface area contributed by atoms with Crippen LogP contribution >= 0.6 is 11.3 Å². The normalized spacial score (nSPS) is 10.2. The van der Waals surface area contributed by atoms with Gasteiger partial charge < -0.3 is 4.74 Å². The van der Waals surface area contributed by atoms with Crippen molar-refractivity contribution in [3.8, 4) is 5.75 Å². The molecule has 0 aliphatic carbocycles. The lowest BCUT2D eigenvalue weighted by molar-refractivity contribution is 0.112. The summed E-state index contributed by atoms with van der Waals surface area (Å²) < 4.78 is 5.62. The molecule has 0 saturated heterocycles. The molecule has 1 heterocycles. The van der Waals surface area contributed by atoms with E-state index < -0.39 is 0 Å². The van der Waals surface area contributed by atoms with E-state index in [1.165, 1.54) is 22.5 Å². The summed E-state index contributed by atoms with van der Waals surface area (Å²) in [5.41, 5.74) is 2.45. The van der Waals surface area contributed by atoms with E-state index in [0.717, 1.165) is 17.0 Å². The first-order valence-electron chi connectivity index (χ1n) is 5.29. The van der Waals surface area contributed by atoms with Crippen molar-refractivity contribution in [3.63, 3.8) is 0 Å². The highest BCUT2D eigenvalue weighted by Crippen LogP contribution is 2.19. The van der Waals surface area contributed by atoms with Crippen LogP contribution in [0.3, 0.4) is 0 Å². The minimum atomic E-state index is 0.404. The Morgan fingerprint density at radius 2 is 2.18 bits per heavy atom. The quantitative estimate of drug-likeness (QED) is 0.779. The number of carbonyl (C=O) groups is 1. The third-order valence-electron chi connectivity index (χ3n) is 2.53. The molecule has 0 atom stereocenters. The van der Waals surface area contributed by atoms with Gasteiger partial charge in [-0.2, -0.15) is 0 Å². The Hall–Kier alpha value is -1.68. The maximum absolute atomic E-state index is 10.5. The molecule has 0 aliphatic heterocycles. The molecule has 88 valence electrons. The van der Waals surface area contributed by atoms with Crippen molar-refractivity contribution in [2.75, 3.05) is 0 Å². The monoisotopic (exact) mass is 247 g/mol. The van der Waals surface area contributed by atoms with Gasteiger partial charge in [0.1, 0.15) is 17.4 Å². The Morgan fingerprint density at radius 1 is 1.35 bits per heavy atom. The van der Waals surface area contributed by atoms with Crippen molar-refractivity contribution in [1.29, 1.82) is 0 Å². The topological polar surface area (TPSA) is 39.2 Å². The second-order valence-corrected chi connectivity index (χ2v) is 4.96. The number of hydrogen-bond acceptors (Lipinski definition) is 4. The van der Waals surface area contributed by atoms with E-state index in [2.05, 4.69) is 18.8 Å². The summed E-state index contributed by atoms with van der Waals surface area (Å²) in [4.78, 5) is 15.2. The summed E-state index contributed by atoms with van der Waals surface area (Å²) in [6.45, 7) is 4.52. The number of ether oxygens (including phenoxy) is 1. The molecular formula is C13H13NO2S. The molecular weight excluding hydrogens is 234 g/mol. The Labute approximate surface area is 104 Å². The Bertz CT molecular complexity index is 534. The predicted molar refractivity (Wildman–Crippen MR) is 67.7 cm³/mol. The van der Waals surface area contributed by atoms with Gasteiger partial charge in [-0.15, -0.1) is 11.3 Å². The molecule has 2 aromatic rings. The summed E-state index contributed by atoms with van der Waals surface area (Å²) in [6.07, 6.45) is 2.37. The van der Waals surface area contributed by atoms with Gasteiger partial charge in [-0.25, -0.2) is 4.98 Å². The predicted octanol–water partition coefficient (Wildman–Crippen LogP) is 3.15. The molecule has 0 saturated carbocycles. The number of rotatable bonds is 4. The second kappa shape index (κ2) is 5.10. The molecule has 0 aliphatic rings. The maximum Gasteiger partial charge on any atom is 0.161 e. The molecule has 4 heteroatoms. The van der Waals surface area contributed by atoms with E-state index in [9.17, 15) is 4.79 Å². The molecule has 0 radical (unpaired) electrons. The van der Waals surface area contributed by atoms with Crippen molar-refractivity contribution in [1.82, 2.24) is 4.98 Å². The summed E-state index contributed by atoms with van der Waals surface area (Å²) in [6, 6.07) is 5.98. The number of aryl methyl sites for hydroxylation is 2. The zero-order valence-electron chi connectivity index (χ0n) is 9.77. The van der Waals surface area contributed by atoms with Crippen molar-refractivity contribution in [2.24, 2.45) is 0 Å². The van der Waals surface area contributed by atoms with Crippen molar-refractivity contribution in [2.45, 2.75) is 20.5 Å². The minimum absolute atomic E-state index is 0.404. The van der Waals surface area contributed by atoms with Crippen LogP contribution in [0.4, 0.5) is 0 Å². The van der Waals surface area contributed by atoms with Gasteiger partial charge in [0.25, 0.3) is 0 Å². The van der Waals surface area contributed by atoms with Crippen molar-refractivity contribution >= 4 is 17.6 Å². The summed E-state index contributed by atoms with van der Waals surface area (Å²) in [5.74, 6) is 0.830. The first-order chi connectivity index (χ1) is 8.19. The fraction of sp³-hybridized carbons (Fsp3) is 0.231. The van der Waals surface area contributed by atoms with Crippen LogP contribution in [0.15, 0.2) is 24.4 Å². The highest BCUT2D eigenvalue weighted by Gasteiger charge is 2.03. The molecule has 0 N–H and O–H groups in total. The first kappa shape index (κ1) is 11.8. The number of aldehydes is 1. The van der Waals surface area contributed by atoms with Crippen LogP contribution in [0.25, 0.3) is 0 Å². The van der Waals surface area contributed by atoms with Gasteiger partial charge in [-0.3, -0.25) is 4.79 Å². The molecule has 1 aromatic carbocycles. The fourth-order valence-corrected chi connectivity index (χ4v) is 2.04. The van der Waals surface area contributed by atoms with E-state index in [-0.39, 0.29) is 0 Å². The summed E-state index contributed by atoms with van der Waals surface area (Å²) in [5, 5.41) is 0.810. The highest BCUT2D eigenvalue weighted by molar-refractivity contribution is 7.13. The van der Waals surface area contributed by atoms with Gasteiger partial charge in [0, 0.05) is 6.20 Å². The molecule has 0 amide bonds. The third-order valence-corrected chi connectivity index (χ3v) is 3.42. The van der Waals surface area contributed by atoms with Crippen LogP contribution < -0.4 is 4.74 Å². The number of thiazole rings is 1. The molecule has 2 rings (SSSR count). The average molecular weight is 247 g/mol. The molecule has 0 unspecified atom stereocenters. The van der Waals surface area contributed by atoms with Crippen LogP contribution in [0.2, 0.25) is 0 Å². The van der Waals surface area contributed by atoms with Gasteiger partial charge in [0.2, 0.25) is 0 Å². The van der Waals surface area contributed by atoms with Gasteiger partial charge in [0.15, 0.2) is 6.29 Å². The van der Waals surface area contributed by atoms with Crippen LogP contribution in [0.5, 0.6) is 5.75 Å².